The van der Waals surface area contributed by atoms with Crippen LogP contribution in [0, 0.1) is 0 Å². The number of ether oxygens (including phenoxy) is 1. The highest BCUT2D eigenvalue weighted by Gasteiger charge is 2.27. The fourth-order valence-electron chi connectivity index (χ4n) is 2.54. The van der Waals surface area contributed by atoms with E-state index in [2.05, 4.69) is 5.32 Å². The van der Waals surface area contributed by atoms with Crippen LogP contribution in [0.1, 0.15) is 6.92 Å². The Labute approximate surface area is 155 Å². The van der Waals surface area contributed by atoms with Gasteiger partial charge in [0.1, 0.15) is 11.8 Å². The summed E-state index contributed by atoms with van der Waals surface area (Å²) in [6, 6.07) is 16.5. The molecular formula is C19H18N2O4S. The molecule has 1 atom stereocenters. The maximum absolute atomic E-state index is 12.5. The highest BCUT2D eigenvalue weighted by Crippen LogP contribution is 2.29. The fourth-order valence-corrected chi connectivity index (χ4v) is 3.42. The minimum atomic E-state index is -0.470. The molecule has 0 bridgehead atoms. The SMILES string of the molecule is C[C@@H](Sc1ccccc1)C(=O)OCC(=O)N1CC(=O)Nc2ccccc21. The number of carbonyl (C=O) groups excluding carboxylic acids is 3. The van der Waals surface area contributed by atoms with Crippen molar-refractivity contribution in [2.24, 2.45) is 0 Å². The normalized spacial score (nSPS) is 14.2. The lowest BCUT2D eigenvalue weighted by Crippen LogP contribution is -2.44. The van der Waals surface area contributed by atoms with Crippen molar-refractivity contribution in [1.82, 2.24) is 0 Å². The molecule has 0 aliphatic carbocycles. The van der Waals surface area contributed by atoms with Crippen LogP contribution in [0.4, 0.5) is 11.4 Å². The number of amides is 2. The van der Waals surface area contributed by atoms with E-state index in [1.165, 1.54) is 16.7 Å². The van der Waals surface area contributed by atoms with Gasteiger partial charge in [0, 0.05) is 4.90 Å². The first-order valence-corrected chi connectivity index (χ1v) is 9.00. The molecule has 6 nitrogen and oxygen atoms in total. The van der Waals surface area contributed by atoms with Crippen molar-refractivity contribution in [3.8, 4) is 0 Å². The summed E-state index contributed by atoms with van der Waals surface area (Å²) in [7, 11) is 0. The third-order valence-electron chi connectivity index (χ3n) is 3.80. The molecule has 0 fully saturated rings. The van der Waals surface area contributed by atoms with Crippen LogP contribution in [0.25, 0.3) is 0 Å². The maximum Gasteiger partial charge on any atom is 0.319 e. The number of esters is 1. The second-order valence-electron chi connectivity index (χ2n) is 5.73. The van der Waals surface area contributed by atoms with Gasteiger partial charge in [-0.05, 0) is 31.2 Å². The van der Waals surface area contributed by atoms with Gasteiger partial charge in [-0.15, -0.1) is 11.8 Å². The Morgan fingerprint density at radius 1 is 1.15 bits per heavy atom. The second-order valence-corrected chi connectivity index (χ2v) is 7.14. The van der Waals surface area contributed by atoms with E-state index < -0.39 is 23.7 Å². The number of rotatable bonds is 5. The molecule has 2 aromatic carbocycles. The molecule has 2 aromatic rings. The highest BCUT2D eigenvalue weighted by atomic mass is 32.2. The predicted octanol–water partition coefficient (Wildman–Crippen LogP) is 2.70. The first kappa shape index (κ1) is 18.0. The summed E-state index contributed by atoms with van der Waals surface area (Å²) in [4.78, 5) is 38.7. The predicted molar refractivity (Wildman–Crippen MR) is 100 cm³/mol. The quantitative estimate of drug-likeness (QED) is 0.647. The number of benzene rings is 2. The van der Waals surface area contributed by atoms with E-state index >= 15 is 0 Å². The number of thioether (sulfide) groups is 1. The van der Waals surface area contributed by atoms with Crippen LogP contribution < -0.4 is 10.2 Å². The van der Waals surface area contributed by atoms with E-state index in [-0.39, 0.29) is 12.5 Å². The van der Waals surface area contributed by atoms with Crippen molar-refractivity contribution in [2.45, 2.75) is 17.1 Å². The minimum absolute atomic E-state index is 0.0955. The molecule has 1 aliphatic rings. The monoisotopic (exact) mass is 370 g/mol. The van der Waals surface area contributed by atoms with E-state index in [0.717, 1.165) is 4.90 Å². The zero-order valence-corrected chi connectivity index (χ0v) is 15.0. The van der Waals surface area contributed by atoms with Crippen molar-refractivity contribution < 1.29 is 19.1 Å². The number of nitrogens with one attached hydrogen (secondary N) is 1. The average Bonchev–Trinajstić information content (AvgIpc) is 2.65. The Morgan fingerprint density at radius 2 is 1.85 bits per heavy atom. The van der Waals surface area contributed by atoms with E-state index in [0.29, 0.717) is 11.4 Å². The Bertz CT molecular complexity index is 825. The van der Waals surface area contributed by atoms with E-state index in [1.807, 2.05) is 30.3 Å². The summed E-state index contributed by atoms with van der Waals surface area (Å²) >= 11 is 1.36. The molecule has 26 heavy (non-hydrogen) atoms. The highest BCUT2D eigenvalue weighted by molar-refractivity contribution is 8.00. The second kappa shape index (κ2) is 8.05. The van der Waals surface area contributed by atoms with Gasteiger partial charge in [-0.1, -0.05) is 30.3 Å². The molecule has 0 spiro atoms. The molecule has 2 amide bonds. The molecule has 3 rings (SSSR count). The van der Waals surface area contributed by atoms with Crippen LogP contribution in [0.2, 0.25) is 0 Å². The van der Waals surface area contributed by atoms with Crippen molar-refractivity contribution in [3.63, 3.8) is 0 Å². The first-order valence-electron chi connectivity index (χ1n) is 8.12. The van der Waals surface area contributed by atoms with E-state index in [9.17, 15) is 14.4 Å². The minimum Gasteiger partial charge on any atom is -0.455 e. The van der Waals surface area contributed by atoms with Gasteiger partial charge < -0.3 is 10.1 Å². The number of carbonyl (C=O) groups is 3. The van der Waals surface area contributed by atoms with Crippen molar-refractivity contribution in [2.75, 3.05) is 23.4 Å². The van der Waals surface area contributed by atoms with Gasteiger partial charge in [0.05, 0.1) is 11.4 Å². The van der Waals surface area contributed by atoms with Crippen molar-refractivity contribution in [3.05, 3.63) is 54.6 Å². The summed E-state index contributed by atoms with van der Waals surface area (Å²) in [5.74, 6) is -1.18. The zero-order chi connectivity index (χ0) is 18.5. The standard InChI is InChI=1S/C19H18N2O4S/c1-13(26-14-7-3-2-4-8-14)19(24)25-12-18(23)21-11-17(22)20-15-9-5-6-10-16(15)21/h2-10,13H,11-12H2,1H3,(H,20,22)/t13-/m1/s1. The molecule has 0 aromatic heterocycles. The van der Waals surface area contributed by atoms with Gasteiger partial charge in [-0.25, -0.2) is 0 Å². The molecule has 7 heteroatoms. The number of para-hydroxylation sites is 2. The Kier molecular flexibility index (Phi) is 5.58. The summed E-state index contributed by atoms with van der Waals surface area (Å²) in [5.41, 5.74) is 1.16. The molecule has 1 aliphatic heterocycles. The Hall–Kier alpha value is -2.80. The lowest BCUT2D eigenvalue weighted by atomic mass is 10.2. The molecule has 1 heterocycles. The lowest BCUT2D eigenvalue weighted by Gasteiger charge is -2.29. The number of nitrogens with zero attached hydrogens (tertiary/aromatic N) is 1. The largest absolute Gasteiger partial charge is 0.455 e. The molecule has 0 saturated heterocycles. The Morgan fingerprint density at radius 3 is 2.62 bits per heavy atom. The van der Waals surface area contributed by atoms with E-state index in [4.69, 9.17) is 4.74 Å². The van der Waals surface area contributed by atoms with Gasteiger partial charge in [-0.2, -0.15) is 0 Å². The Balaban J connectivity index is 1.58. The maximum atomic E-state index is 12.5. The summed E-state index contributed by atoms with van der Waals surface area (Å²) < 4.78 is 5.16. The number of fused-ring (bicyclic) bond motifs is 1. The topological polar surface area (TPSA) is 75.7 Å². The van der Waals surface area contributed by atoms with Crippen LogP contribution in [0.3, 0.4) is 0 Å². The van der Waals surface area contributed by atoms with Crippen LogP contribution in [0.15, 0.2) is 59.5 Å². The van der Waals surface area contributed by atoms with Gasteiger partial charge in [0.15, 0.2) is 6.61 Å². The third-order valence-corrected chi connectivity index (χ3v) is 4.89. The number of anilines is 2. The summed E-state index contributed by atoms with van der Waals surface area (Å²) in [6.07, 6.45) is 0. The van der Waals surface area contributed by atoms with Crippen LogP contribution >= 0.6 is 11.8 Å². The molecule has 0 unspecified atom stereocenters. The van der Waals surface area contributed by atoms with Crippen LogP contribution in [-0.4, -0.2) is 36.2 Å². The van der Waals surface area contributed by atoms with E-state index in [1.54, 1.807) is 31.2 Å². The van der Waals surface area contributed by atoms with Gasteiger partial charge in [0.2, 0.25) is 5.91 Å². The molecule has 1 N–H and O–H groups in total. The lowest BCUT2D eigenvalue weighted by molar-refractivity contribution is -0.147. The number of hydrogen-bond donors (Lipinski definition) is 1. The van der Waals surface area contributed by atoms with Crippen molar-refractivity contribution in [1.29, 1.82) is 0 Å². The first-order chi connectivity index (χ1) is 12.5. The van der Waals surface area contributed by atoms with Gasteiger partial charge in [0.25, 0.3) is 5.91 Å². The average molecular weight is 370 g/mol. The third kappa shape index (κ3) is 4.23. The van der Waals surface area contributed by atoms with Gasteiger partial charge in [-0.3, -0.25) is 19.3 Å². The molecule has 0 saturated carbocycles. The molecular weight excluding hydrogens is 352 g/mol. The van der Waals surface area contributed by atoms with Crippen molar-refractivity contribution >= 4 is 40.9 Å². The fraction of sp³-hybridized carbons (Fsp3) is 0.211. The van der Waals surface area contributed by atoms with Crippen LogP contribution in [0.5, 0.6) is 0 Å². The summed E-state index contributed by atoms with van der Waals surface area (Å²) in [5, 5.41) is 2.27. The van der Waals surface area contributed by atoms with Gasteiger partial charge >= 0.3 is 5.97 Å². The zero-order valence-electron chi connectivity index (χ0n) is 14.2. The number of hydrogen-bond acceptors (Lipinski definition) is 5. The summed E-state index contributed by atoms with van der Waals surface area (Å²) in [6.45, 7) is 1.23. The molecule has 134 valence electrons. The van der Waals surface area contributed by atoms with Crippen LogP contribution in [-0.2, 0) is 19.1 Å². The molecule has 0 radical (unpaired) electrons. The smallest absolute Gasteiger partial charge is 0.319 e.